The van der Waals surface area contributed by atoms with Crippen LogP contribution in [0.1, 0.15) is 12.0 Å². The van der Waals surface area contributed by atoms with Crippen LogP contribution in [0.2, 0.25) is 0 Å². The molecule has 1 aromatic heterocycles. The van der Waals surface area contributed by atoms with E-state index in [1.807, 2.05) is 23.7 Å². The molecule has 0 spiro atoms. The molecule has 0 bridgehead atoms. The first-order chi connectivity index (χ1) is 8.72. The highest BCUT2D eigenvalue weighted by atomic mass is 32.2. The smallest absolute Gasteiger partial charge is 0.191 e. The van der Waals surface area contributed by atoms with Gasteiger partial charge in [0.15, 0.2) is 11.0 Å². The van der Waals surface area contributed by atoms with Crippen LogP contribution in [0, 0.1) is 18.3 Å². The fourth-order valence-electron chi connectivity index (χ4n) is 1.66. The van der Waals surface area contributed by atoms with Gasteiger partial charge in [-0.3, -0.25) is 0 Å². The molecule has 0 aliphatic heterocycles. The van der Waals surface area contributed by atoms with Gasteiger partial charge in [-0.1, -0.05) is 35.5 Å². The number of nitriles is 1. The van der Waals surface area contributed by atoms with Crippen LogP contribution < -0.4 is 0 Å². The number of hydrogen-bond acceptors (Lipinski definition) is 4. The maximum Gasteiger partial charge on any atom is 0.191 e. The average Bonchev–Trinajstić information content (AvgIpc) is 2.72. The minimum Gasteiger partial charge on any atom is -0.305 e. The number of benzene rings is 1. The first kappa shape index (κ1) is 12.7. The molecule has 1 heterocycles. The van der Waals surface area contributed by atoms with E-state index in [4.69, 9.17) is 5.26 Å². The van der Waals surface area contributed by atoms with Crippen molar-refractivity contribution < 1.29 is 0 Å². The van der Waals surface area contributed by atoms with Gasteiger partial charge in [-0.15, -0.1) is 10.2 Å². The summed E-state index contributed by atoms with van der Waals surface area (Å²) in [5.74, 6) is 1.61. The predicted molar refractivity (Wildman–Crippen MR) is 72.1 cm³/mol. The normalized spacial score (nSPS) is 10.3. The molecule has 0 N–H and O–H groups in total. The first-order valence-electron chi connectivity index (χ1n) is 5.68. The summed E-state index contributed by atoms with van der Waals surface area (Å²) in [6, 6.07) is 10.3. The van der Waals surface area contributed by atoms with Crippen molar-refractivity contribution in [1.82, 2.24) is 14.8 Å². The summed E-state index contributed by atoms with van der Waals surface area (Å²) in [5.41, 5.74) is 2.27. The second-order valence-corrected chi connectivity index (χ2v) is 5.05. The van der Waals surface area contributed by atoms with Crippen molar-refractivity contribution in [2.45, 2.75) is 18.5 Å². The fraction of sp³-hybridized carbons (Fsp3) is 0.308. The topological polar surface area (TPSA) is 54.5 Å². The standard InChI is InChI=1S/C13H14N4S/c1-10-5-3-6-11(9-10)12-15-16-13(17(12)2)18-8-4-7-14/h3,5-6,9H,4,8H2,1-2H3. The van der Waals surface area contributed by atoms with Crippen molar-refractivity contribution in [3.63, 3.8) is 0 Å². The number of rotatable bonds is 4. The highest BCUT2D eigenvalue weighted by Crippen LogP contribution is 2.23. The Hall–Kier alpha value is -1.80. The molecular formula is C13H14N4S. The molecule has 2 rings (SSSR count). The minimum atomic E-state index is 0.525. The van der Waals surface area contributed by atoms with Gasteiger partial charge in [0, 0.05) is 24.8 Å². The van der Waals surface area contributed by atoms with E-state index < -0.39 is 0 Å². The predicted octanol–water partition coefficient (Wildman–Crippen LogP) is 2.80. The Morgan fingerprint density at radius 2 is 2.22 bits per heavy atom. The number of nitrogens with zero attached hydrogens (tertiary/aromatic N) is 4. The molecule has 0 radical (unpaired) electrons. The lowest BCUT2D eigenvalue weighted by Gasteiger charge is -2.03. The van der Waals surface area contributed by atoms with Gasteiger partial charge in [0.05, 0.1) is 6.07 Å². The van der Waals surface area contributed by atoms with Crippen LogP contribution in [-0.4, -0.2) is 20.5 Å². The van der Waals surface area contributed by atoms with Crippen molar-refractivity contribution in [1.29, 1.82) is 5.26 Å². The lowest BCUT2D eigenvalue weighted by molar-refractivity contribution is 0.793. The first-order valence-corrected chi connectivity index (χ1v) is 6.67. The summed E-state index contributed by atoms with van der Waals surface area (Å²) in [5, 5.41) is 17.7. The molecule has 0 saturated carbocycles. The van der Waals surface area contributed by atoms with E-state index in [1.54, 1.807) is 11.8 Å². The quantitative estimate of drug-likeness (QED) is 0.625. The van der Waals surface area contributed by atoms with E-state index in [0.29, 0.717) is 6.42 Å². The van der Waals surface area contributed by atoms with Crippen molar-refractivity contribution in [3.8, 4) is 17.5 Å². The van der Waals surface area contributed by atoms with Gasteiger partial charge in [0.1, 0.15) is 0 Å². The van der Waals surface area contributed by atoms with E-state index in [1.165, 1.54) is 5.56 Å². The minimum absolute atomic E-state index is 0.525. The average molecular weight is 258 g/mol. The number of hydrogen-bond donors (Lipinski definition) is 0. The van der Waals surface area contributed by atoms with E-state index in [9.17, 15) is 0 Å². The lowest BCUT2D eigenvalue weighted by Crippen LogP contribution is -1.95. The molecule has 18 heavy (non-hydrogen) atoms. The number of thioether (sulfide) groups is 1. The van der Waals surface area contributed by atoms with Gasteiger partial charge < -0.3 is 4.57 Å². The van der Waals surface area contributed by atoms with E-state index in [0.717, 1.165) is 22.3 Å². The SMILES string of the molecule is Cc1cccc(-c2nnc(SCCC#N)n2C)c1. The summed E-state index contributed by atoms with van der Waals surface area (Å²) < 4.78 is 1.97. The molecule has 92 valence electrons. The Labute approximate surface area is 111 Å². The Morgan fingerprint density at radius 3 is 2.94 bits per heavy atom. The van der Waals surface area contributed by atoms with Gasteiger partial charge in [0.25, 0.3) is 0 Å². The molecule has 0 amide bonds. The van der Waals surface area contributed by atoms with Crippen molar-refractivity contribution in [2.75, 3.05) is 5.75 Å². The zero-order valence-electron chi connectivity index (χ0n) is 10.4. The Balaban J connectivity index is 2.23. The van der Waals surface area contributed by atoms with Crippen LogP contribution in [0.5, 0.6) is 0 Å². The molecular weight excluding hydrogens is 244 g/mol. The molecule has 0 saturated heterocycles. The van der Waals surface area contributed by atoms with Crippen LogP contribution in [0.15, 0.2) is 29.4 Å². The van der Waals surface area contributed by atoms with Crippen LogP contribution >= 0.6 is 11.8 Å². The van der Waals surface area contributed by atoms with Gasteiger partial charge in [-0.2, -0.15) is 5.26 Å². The largest absolute Gasteiger partial charge is 0.305 e. The summed E-state index contributed by atoms with van der Waals surface area (Å²) in [6.45, 7) is 2.06. The van der Waals surface area contributed by atoms with E-state index >= 15 is 0 Å². The van der Waals surface area contributed by atoms with Crippen molar-refractivity contribution >= 4 is 11.8 Å². The fourth-order valence-corrected chi connectivity index (χ4v) is 2.42. The Bertz CT molecular complexity index is 583. The molecule has 0 aliphatic carbocycles. The van der Waals surface area contributed by atoms with Crippen LogP contribution in [0.25, 0.3) is 11.4 Å². The third-order valence-corrected chi connectivity index (χ3v) is 3.58. The second-order valence-electron chi connectivity index (χ2n) is 3.99. The van der Waals surface area contributed by atoms with E-state index in [2.05, 4.69) is 35.3 Å². The van der Waals surface area contributed by atoms with Gasteiger partial charge in [-0.05, 0) is 13.0 Å². The number of aromatic nitrogens is 3. The Kier molecular flexibility index (Phi) is 4.00. The maximum atomic E-state index is 8.52. The van der Waals surface area contributed by atoms with Crippen LogP contribution in [-0.2, 0) is 7.05 Å². The zero-order valence-corrected chi connectivity index (χ0v) is 11.2. The van der Waals surface area contributed by atoms with Crippen molar-refractivity contribution in [3.05, 3.63) is 29.8 Å². The maximum absolute atomic E-state index is 8.52. The summed E-state index contributed by atoms with van der Waals surface area (Å²) in [4.78, 5) is 0. The number of aryl methyl sites for hydroxylation is 1. The highest BCUT2D eigenvalue weighted by molar-refractivity contribution is 7.99. The van der Waals surface area contributed by atoms with Crippen LogP contribution in [0.4, 0.5) is 0 Å². The summed E-state index contributed by atoms with van der Waals surface area (Å²) >= 11 is 1.56. The Morgan fingerprint density at radius 1 is 1.39 bits per heavy atom. The van der Waals surface area contributed by atoms with Gasteiger partial charge in [0.2, 0.25) is 0 Å². The molecule has 0 unspecified atom stereocenters. The highest BCUT2D eigenvalue weighted by Gasteiger charge is 2.10. The summed E-state index contributed by atoms with van der Waals surface area (Å²) in [6.07, 6.45) is 0.525. The molecule has 5 heteroatoms. The third kappa shape index (κ3) is 2.71. The molecule has 0 fully saturated rings. The monoisotopic (exact) mass is 258 g/mol. The summed E-state index contributed by atoms with van der Waals surface area (Å²) in [7, 11) is 1.95. The molecule has 4 nitrogen and oxygen atoms in total. The van der Waals surface area contributed by atoms with E-state index in [-0.39, 0.29) is 0 Å². The molecule has 0 atom stereocenters. The molecule has 1 aromatic carbocycles. The molecule has 2 aromatic rings. The second kappa shape index (κ2) is 5.69. The van der Waals surface area contributed by atoms with Gasteiger partial charge >= 0.3 is 0 Å². The molecule has 0 aliphatic rings. The lowest BCUT2D eigenvalue weighted by atomic mass is 10.1. The van der Waals surface area contributed by atoms with Gasteiger partial charge in [-0.25, -0.2) is 0 Å². The zero-order chi connectivity index (χ0) is 13.0. The third-order valence-electron chi connectivity index (χ3n) is 2.56. The van der Waals surface area contributed by atoms with Crippen molar-refractivity contribution in [2.24, 2.45) is 7.05 Å². The van der Waals surface area contributed by atoms with Crippen LogP contribution in [0.3, 0.4) is 0 Å².